The van der Waals surface area contributed by atoms with Crippen molar-refractivity contribution in [3.8, 4) is 0 Å². The molecule has 128 valence electrons. The molecule has 2 aromatic rings. The Labute approximate surface area is 149 Å². The summed E-state index contributed by atoms with van der Waals surface area (Å²) in [6.45, 7) is 2.57. The van der Waals surface area contributed by atoms with Crippen molar-refractivity contribution < 1.29 is 14.3 Å². The lowest BCUT2D eigenvalue weighted by Gasteiger charge is -2.16. The number of aryl methyl sites for hydroxylation is 1. The second-order valence-electron chi connectivity index (χ2n) is 6.16. The summed E-state index contributed by atoms with van der Waals surface area (Å²) >= 11 is 3.18. The number of fused-ring (bicyclic) bond motifs is 1. The summed E-state index contributed by atoms with van der Waals surface area (Å²) in [5.74, 6) is 0.0235. The molecule has 24 heavy (non-hydrogen) atoms. The Bertz CT molecular complexity index is 706. The number of nitrogens with one attached hydrogen (secondary N) is 1. The molecular formula is C18H21NO3S2. The number of rotatable bonds is 6. The van der Waals surface area contributed by atoms with E-state index >= 15 is 0 Å². The van der Waals surface area contributed by atoms with E-state index in [1.165, 1.54) is 33.1 Å². The number of hydrogen-bond acceptors (Lipinski definition) is 5. The molecule has 3 rings (SSSR count). The highest BCUT2D eigenvalue weighted by Crippen LogP contribution is 2.32. The van der Waals surface area contributed by atoms with E-state index in [-0.39, 0.29) is 12.5 Å². The zero-order valence-electron chi connectivity index (χ0n) is 13.7. The standard InChI is InChI=1S/C18H21NO3S2/c1-12-4-5-15-13(9-12)10-16(24-15)18(21)22-11-17(20)19-7-6-14-3-2-8-23-14/h2-3,8,10,12H,4-7,9,11H2,1H3,(H,19,20)/t12-/m0/s1. The van der Waals surface area contributed by atoms with Crippen LogP contribution in [0.4, 0.5) is 0 Å². The molecule has 1 N–H and O–H groups in total. The van der Waals surface area contributed by atoms with E-state index in [1.54, 1.807) is 11.3 Å². The van der Waals surface area contributed by atoms with Crippen molar-refractivity contribution in [2.24, 2.45) is 5.92 Å². The lowest BCUT2D eigenvalue weighted by Crippen LogP contribution is -2.30. The minimum atomic E-state index is -0.393. The number of amides is 1. The van der Waals surface area contributed by atoms with Gasteiger partial charge in [-0.15, -0.1) is 22.7 Å². The molecular weight excluding hydrogens is 342 g/mol. The molecule has 0 spiro atoms. The highest BCUT2D eigenvalue weighted by atomic mass is 32.1. The first-order chi connectivity index (χ1) is 11.6. The van der Waals surface area contributed by atoms with Gasteiger partial charge in [0.05, 0.1) is 0 Å². The summed E-state index contributed by atoms with van der Waals surface area (Å²) in [6.07, 6.45) is 4.04. The first-order valence-electron chi connectivity index (χ1n) is 8.19. The van der Waals surface area contributed by atoms with Gasteiger partial charge in [-0.3, -0.25) is 4.79 Å². The zero-order valence-corrected chi connectivity index (χ0v) is 15.3. The maximum Gasteiger partial charge on any atom is 0.348 e. The van der Waals surface area contributed by atoms with Crippen molar-refractivity contribution in [1.82, 2.24) is 5.32 Å². The Kier molecular flexibility index (Phi) is 5.68. The first kappa shape index (κ1) is 17.2. The average molecular weight is 364 g/mol. The van der Waals surface area contributed by atoms with Crippen molar-refractivity contribution in [1.29, 1.82) is 0 Å². The van der Waals surface area contributed by atoms with Gasteiger partial charge in [0, 0.05) is 16.3 Å². The molecule has 0 aromatic carbocycles. The molecule has 0 aliphatic heterocycles. The molecule has 0 unspecified atom stereocenters. The molecule has 1 atom stereocenters. The quantitative estimate of drug-likeness (QED) is 0.800. The Hall–Kier alpha value is -1.66. The molecule has 2 aromatic heterocycles. The fraction of sp³-hybridized carbons (Fsp3) is 0.444. The lowest BCUT2D eigenvalue weighted by atomic mass is 9.90. The average Bonchev–Trinajstić information content (AvgIpc) is 3.21. The fourth-order valence-electron chi connectivity index (χ4n) is 2.84. The molecule has 1 aliphatic rings. The third-order valence-corrected chi connectivity index (χ3v) is 6.29. The van der Waals surface area contributed by atoms with Crippen molar-refractivity contribution in [3.63, 3.8) is 0 Å². The lowest BCUT2D eigenvalue weighted by molar-refractivity contribution is -0.124. The summed E-state index contributed by atoms with van der Waals surface area (Å²) in [5.41, 5.74) is 1.27. The second kappa shape index (κ2) is 7.94. The Balaban J connectivity index is 1.42. The topological polar surface area (TPSA) is 55.4 Å². The zero-order chi connectivity index (χ0) is 16.9. The largest absolute Gasteiger partial charge is 0.451 e. The SMILES string of the molecule is C[C@H]1CCc2sc(C(=O)OCC(=O)NCCc3cccs3)cc2C1. The van der Waals surface area contributed by atoms with Crippen molar-refractivity contribution in [3.05, 3.63) is 43.8 Å². The van der Waals surface area contributed by atoms with Gasteiger partial charge in [-0.25, -0.2) is 4.79 Å². The summed E-state index contributed by atoms with van der Waals surface area (Å²) in [5, 5.41) is 4.79. The molecule has 0 saturated carbocycles. The van der Waals surface area contributed by atoms with Gasteiger partial charge in [-0.2, -0.15) is 0 Å². The van der Waals surface area contributed by atoms with Crippen molar-refractivity contribution in [2.75, 3.05) is 13.2 Å². The number of esters is 1. The smallest absolute Gasteiger partial charge is 0.348 e. The normalized spacial score (nSPS) is 16.5. The number of ether oxygens (including phenoxy) is 1. The van der Waals surface area contributed by atoms with Crippen LogP contribution in [0.2, 0.25) is 0 Å². The van der Waals surface area contributed by atoms with Gasteiger partial charge >= 0.3 is 5.97 Å². The predicted molar refractivity (Wildman–Crippen MR) is 96.8 cm³/mol. The molecule has 0 bridgehead atoms. The molecule has 1 amide bonds. The van der Waals surface area contributed by atoms with Gasteiger partial charge in [0.1, 0.15) is 4.88 Å². The fourth-order valence-corrected chi connectivity index (χ4v) is 4.65. The van der Waals surface area contributed by atoms with Crippen molar-refractivity contribution in [2.45, 2.75) is 32.6 Å². The summed E-state index contributed by atoms with van der Waals surface area (Å²) in [7, 11) is 0. The summed E-state index contributed by atoms with van der Waals surface area (Å²) < 4.78 is 5.14. The molecule has 0 radical (unpaired) electrons. The number of hydrogen-bond donors (Lipinski definition) is 1. The third kappa shape index (κ3) is 4.45. The van der Waals surface area contributed by atoms with Gasteiger partial charge in [0.15, 0.2) is 6.61 Å². The van der Waals surface area contributed by atoms with Gasteiger partial charge in [0.25, 0.3) is 5.91 Å². The van der Waals surface area contributed by atoms with Crippen LogP contribution < -0.4 is 5.32 Å². The van der Waals surface area contributed by atoms with Gasteiger partial charge in [-0.05, 0) is 54.7 Å². The van der Waals surface area contributed by atoms with E-state index in [0.29, 0.717) is 17.3 Å². The summed E-state index contributed by atoms with van der Waals surface area (Å²) in [6, 6.07) is 5.97. The van der Waals surface area contributed by atoms with E-state index < -0.39 is 5.97 Å². The van der Waals surface area contributed by atoms with Crippen LogP contribution in [0.5, 0.6) is 0 Å². The molecule has 4 nitrogen and oxygen atoms in total. The van der Waals surface area contributed by atoms with Crippen LogP contribution >= 0.6 is 22.7 Å². The molecule has 0 fully saturated rings. The number of thiophene rings is 2. The van der Waals surface area contributed by atoms with E-state index in [0.717, 1.165) is 19.3 Å². The minimum Gasteiger partial charge on any atom is -0.451 e. The highest BCUT2D eigenvalue weighted by molar-refractivity contribution is 7.14. The third-order valence-electron chi connectivity index (χ3n) is 4.14. The Morgan fingerprint density at radius 1 is 1.42 bits per heavy atom. The predicted octanol–water partition coefficient (Wildman–Crippen LogP) is 3.45. The van der Waals surface area contributed by atoms with E-state index in [2.05, 4.69) is 12.2 Å². The van der Waals surface area contributed by atoms with Crippen LogP contribution in [0.1, 0.15) is 38.3 Å². The van der Waals surface area contributed by atoms with Gasteiger partial charge in [-0.1, -0.05) is 13.0 Å². The van der Waals surface area contributed by atoms with Crippen LogP contribution in [0.3, 0.4) is 0 Å². The maximum absolute atomic E-state index is 12.1. The van der Waals surface area contributed by atoms with Gasteiger partial charge < -0.3 is 10.1 Å². The van der Waals surface area contributed by atoms with E-state index in [9.17, 15) is 9.59 Å². The van der Waals surface area contributed by atoms with E-state index in [1.807, 2.05) is 23.6 Å². The molecule has 0 saturated heterocycles. The van der Waals surface area contributed by atoms with Crippen LogP contribution in [0.25, 0.3) is 0 Å². The monoisotopic (exact) mass is 363 g/mol. The highest BCUT2D eigenvalue weighted by Gasteiger charge is 2.21. The molecule has 6 heteroatoms. The summed E-state index contributed by atoms with van der Waals surface area (Å²) in [4.78, 5) is 27.0. The van der Waals surface area contributed by atoms with Gasteiger partial charge in [0.2, 0.25) is 0 Å². The molecule has 1 aliphatic carbocycles. The molecule has 2 heterocycles. The van der Waals surface area contributed by atoms with Crippen LogP contribution in [-0.4, -0.2) is 25.0 Å². The Morgan fingerprint density at radius 3 is 3.08 bits per heavy atom. The van der Waals surface area contributed by atoms with Crippen molar-refractivity contribution >= 4 is 34.6 Å². The van der Waals surface area contributed by atoms with Crippen LogP contribution in [-0.2, 0) is 28.8 Å². The minimum absolute atomic E-state index is 0.220. The number of carbonyl (C=O) groups excluding carboxylic acids is 2. The second-order valence-corrected chi connectivity index (χ2v) is 8.33. The van der Waals surface area contributed by atoms with E-state index in [4.69, 9.17) is 4.74 Å². The maximum atomic E-state index is 12.1. The van der Waals surface area contributed by atoms with Crippen LogP contribution in [0, 0.1) is 5.92 Å². The Morgan fingerprint density at radius 2 is 2.29 bits per heavy atom. The number of carbonyl (C=O) groups is 2. The first-order valence-corrected chi connectivity index (χ1v) is 9.89. The van der Waals surface area contributed by atoms with Crippen LogP contribution in [0.15, 0.2) is 23.6 Å².